The van der Waals surface area contributed by atoms with E-state index in [-0.39, 0.29) is 23.4 Å². The van der Waals surface area contributed by atoms with Crippen molar-refractivity contribution in [3.8, 4) is 0 Å². The van der Waals surface area contributed by atoms with Crippen LogP contribution in [0.15, 0.2) is 91.0 Å². The van der Waals surface area contributed by atoms with Crippen LogP contribution >= 0.6 is 0 Å². The Morgan fingerprint density at radius 1 is 0.737 bits per heavy atom. The molecule has 1 fully saturated rings. The van der Waals surface area contributed by atoms with E-state index in [9.17, 15) is 0 Å². The Morgan fingerprint density at radius 2 is 1.26 bits per heavy atom. The Kier molecular flexibility index (Phi) is 10.3. The Labute approximate surface area is 230 Å². The van der Waals surface area contributed by atoms with Gasteiger partial charge in [-0.25, -0.2) is 0 Å². The van der Waals surface area contributed by atoms with Crippen molar-refractivity contribution in [2.75, 3.05) is 20.3 Å². The van der Waals surface area contributed by atoms with Crippen molar-refractivity contribution in [2.45, 2.75) is 76.4 Å². The molecule has 0 spiro atoms. The quantitative estimate of drug-likeness (QED) is 0.263. The molecular weight excluding hydrogens is 488 g/mol. The summed E-state index contributed by atoms with van der Waals surface area (Å²) in [6.07, 6.45) is 4.51. The van der Waals surface area contributed by atoms with E-state index in [1.54, 1.807) is 7.11 Å². The molecule has 204 valence electrons. The number of ether oxygens (including phenoxy) is 3. The molecule has 0 unspecified atom stereocenters. The first-order chi connectivity index (χ1) is 18.4. The normalized spacial score (nSPS) is 19.3. The van der Waals surface area contributed by atoms with Crippen molar-refractivity contribution in [2.24, 2.45) is 0 Å². The maximum absolute atomic E-state index is 7.08. The van der Waals surface area contributed by atoms with E-state index in [1.807, 2.05) is 6.07 Å². The van der Waals surface area contributed by atoms with Crippen molar-refractivity contribution in [3.63, 3.8) is 0 Å². The van der Waals surface area contributed by atoms with Gasteiger partial charge in [-0.2, -0.15) is 0 Å². The van der Waals surface area contributed by atoms with Crippen LogP contribution in [0.3, 0.4) is 0 Å². The molecule has 0 radical (unpaired) electrons. The van der Waals surface area contributed by atoms with Crippen molar-refractivity contribution >= 4 is 18.7 Å². The SMILES string of the molecule is CO[C@@H](CO[C@H]1CCC[C@@H](OCc2ccccc2)C1)CO[Si](c1ccccc1)(c1ccccc1)C(C)(C)C. The van der Waals surface area contributed by atoms with Crippen LogP contribution in [0, 0.1) is 0 Å². The Hall–Kier alpha value is -2.28. The van der Waals surface area contributed by atoms with Gasteiger partial charge in [0.15, 0.2) is 0 Å². The van der Waals surface area contributed by atoms with E-state index in [1.165, 1.54) is 15.9 Å². The van der Waals surface area contributed by atoms with Crippen molar-refractivity contribution < 1.29 is 18.6 Å². The first-order valence-corrected chi connectivity index (χ1v) is 15.9. The molecule has 3 aromatic rings. The molecule has 1 aliphatic rings. The van der Waals surface area contributed by atoms with Crippen LogP contribution in [0.1, 0.15) is 52.0 Å². The highest BCUT2D eigenvalue weighted by molar-refractivity contribution is 6.99. The van der Waals surface area contributed by atoms with E-state index in [4.69, 9.17) is 18.6 Å². The minimum atomic E-state index is -2.61. The minimum Gasteiger partial charge on any atom is -0.405 e. The van der Waals surface area contributed by atoms with Crippen LogP contribution in [0.2, 0.25) is 5.04 Å². The molecule has 0 bridgehead atoms. The third kappa shape index (κ3) is 7.22. The summed E-state index contributed by atoms with van der Waals surface area (Å²) in [7, 11) is -0.847. The number of methoxy groups -OCH3 is 1. The second kappa shape index (κ2) is 13.7. The van der Waals surface area contributed by atoms with Crippen LogP contribution in [0.5, 0.6) is 0 Å². The highest BCUT2D eigenvalue weighted by Gasteiger charge is 2.50. The van der Waals surface area contributed by atoms with Crippen LogP contribution in [-0.4, -0.2) is 47.0 Å². The summed E-state index contributed by atoms with van der Waals surface area (Å²) in [4.78, 5) is 0. The molecular formula is C33H44O4Si. The fraction of sp³-hybridized carbons (Fsp3) is 0.455. The first kappa shape index (κ1) is 28.7. The van der Waals surface area contributed by atoms with Gasteiger partial charge >= 0.3 is 0 Å². The zero-order chi connectivity index (χ0) is 26.8. The third-order valence-electron chi connectivity index (χ3n) is 7.66. The molecule has 0 saturated heterocycles. The predicted octanol–water partition coefficient (Wildman–Crippen LogP) is 6.12. The first-order valence-electron chi connectivity index (χ1n) is 14.0. The molecule has 1 saturated carbocycles. The highest BCUT2D eigenvalue weighted by atomic mass is 28.4. The van der Waals surface area contributed by atoms with Crippen molar-refractivity contribution in [1.82, 2.24) is 0 Å². The third-order valence-corrected chi connectivity index (χ3v) is 12.7. The Morgan fingerprint density at radius 3 is 1.79 bits per heavy atom. The molecule has 0 aliphatic heterocycles. The van der Waals surface area contributed by atoms with E-state index in [0.717, 1.165) is 25.7 Å². The number of hydrogen-bond acceptors (Lipinski definition) is 4. The summed E-state index contributed by atoms with van der Waals surface area (Å²) in [5.74, 6) is 0. The molecule has 0 amide bonds. The minimum absolute atomic E-state index is 0.0679. The van der Waals surface area contributed by atoms with E-state index in [2.05, 4.69) is 106 Å². The molecule has 5 heteroatoms. The lowest BCUT2D eigenvalue weighted by molar-refractivity contribution is -0.0826. The summed E-state index contributed by atoms with van der Waals surface area (Å²) >= 11 is 0. The second-order valence-corrected chi connectivity index (χ2v) is 15.7. The lowest BCUT2D eigenvalue weighted by Gasteiger charge is -2.43. The number of rotatable bonds is 12. The molecule has 3 aromatic carbocycles. The monoisotopic (exact) mass is 532 g/mol. The molecule has 3 atom stereocenters. The standard InChI is InChI=1S/C33H44O4Si/c1-33(2,3)38(31-19-10-6-11-20-31,32-21-12-7-13-22-32)37-26-30(34-4)25-36-29-18-14-17-28(23-29)35-24-27-15-8-5-9-16-27/h5-13,15-16,19-22,28-30H,14,17-18,23-26H2,1-4H3/t28-,29+,30+/m1/s1. The molecule has 4 rings (SSSR count). The molecule has 0 N–H and O–H groups in total. The second-order valence-electron chi connectivity index (χ2n) is 11.4. The molecule has 4 nitrogen and oxygen atoms in total. The van der Waals surface area contributed by atoms with Crippen LogP contribution in [0.4, 0.5) is 0 Å². The zero-order valence-electron chi connectivity index (χ0n) is 23.5. The van der Waals surface area contributed by atoms with Crippen molar-refractivity contribution in [1.29, 1.82) is 0 Å². The number of hydrogen-bond donors (Lipinski definition) is 0. The fourth-order valence-electron chi connectivity index (χ4n) is 5.60. The van der Waals surface area contributed by atoms with Gasteiger partial charge in [0.1, 0.15) is 6.10 Å². The summed E-state index contributed by atoms with van der Waals surface area (Å²) in [5, 5.41) is 2.49. The lowest BCUT2D eigenvalue weighted by Crippen LogP contribution is -2.67. The summed E-state index contributed by atoms with van der Waals surface area (Å²) in [5.41, 5.74) is 1.22. The summed E-state index contributed by atoms with van der Waals surface area (Å²) in [6.45, 7) is 8.57. The van der Waals surface area contributed by atoms with Gasteiger partial charge in [-0.1, -0.05) is 112 Å². The van der Waals surface area contributed by atoms with Crippen LogP contribution < -0.4 is 10.4 Å². The molecule has 0 heterocycles. The van der Waals surface area contributed by atoms with Gasteiger partial charge in [-0.15, -0.1) is 0 Å². The van der Waals surface area contributed by atoms with Gasteiger partial charge < -0.3 is 18.6 Å². The summed E-state index contributed by atoms with van der Waals surface area (Å²) < 4.78 is 25.6. The maximum Gasteiger partial charge on any atom is 0.261 e. The van der Waals surface area contributed by atoms with Gasteiger partial charge in [-0.05, 0) is 46.7 Å². The average Bonchev–Trinajstić information content (AvgIpc) is 2.95. The Bertz CT molecular complexity index is 1030. The van der Waals surface area contributed by atoms with Crippen molar-refractivity contribution in [3.05, 3.63) is 96.6 Å². The van der Waals surface area contributed by atoms with Gasteiger partial charge in [0, 0.05) is 7.11 Å². The fourth-order valence-corrected chi connectivity index (χ4v) is 10.2. The van der Waals surface area contributed by atoms with Gasteiger partial charge in [-0.3, -0.25) is 0 Å². The van der Waals surface area contributed by atoms with E-state index < -0.39 is 8.32 Å². The topological polar surface area (TPSA) is 36.9 Å². The van der Waals surface area contributed by atoms with Crippen LogP contribution in [0.25, 0.3) is 0 Å². The van der Waals surface area contributed by atoms with E-state index in [0.29, 0.717) is 19.8 Å². The van der Waals surface area contributed by atoms with Gasteiger partial charge in [0.05, 0.1) is 32.0 Å². The molecule has 1 aliphatic carbocycles. The lowest BCUT2D eigenvalue weighted by atomic mass is 9.95. The van der Waals surface area contributed by atoms with E-state index >= 15 is 0 Å². The highest BCUT2D eigenvalue weighted by Crippen LogP contribution is 2.37. The largest absolute Gasteiger partial charge is 0.405 e. The van der Waals surface area contributed by atoms with Gasteiger partial charge in [0.25, 0.3) is 8.32 Å². The summed E-state index contributed by atoms with van der Waals surface area (Å²) in [6, 6.07) is 31.9. The zero-order valence-corrected chi connectivity index (χ0v) is 24.5. The molecule has 0 aromatic heterocycles. The molecule has 38 heavy (non-hydrogen) atoms. The van der Waals surface area contributed by atoms with Gasteiger partial charge in [0.2, 0.25) is 0 Å². The van der Waals surface area contributed by atoms with Crippen LogP contribution in [-0.2, 0) is 25.2 Å². The Balaban J connectivity index is 1.39. The number of benzene rings is 3. The smallest absolute Gasteiger partial charge is 0.261 e. The predicted molar refractivity (Wildman–Crippen MR) is 158 cm³/mol. The maximum atomic E-state index is 7.08. The average molecular weight is 533 g/mol.